The van der Waals surface area contributed by atoms with Gasteiger partial charge in [-0.05, 0) is 30.5 Å². The highest BCUT2D eigenvalue weighted by atomic mass is 16.5. The molecule has 0 bridgehead atoms. The molecule has 0 aliphatic carbocycles. The molecule has 0 saturated heterocycles. The molecule has 0 fully saturated rings. The summed E-state index contributed by atoms with van der Waals surface area (Å²) in [5, 5.41) is 12.8. The number of aryl methyl sites for hydroxylation is 1. The summed E-state index contributed by atoms with van der Waals surface area (Å²) in [7, 11) is 0. The summed E-state index contributed by atoms with van der Waals surface area (Å²) in [6.07, 6.45) is 0. The fraction of sp³-hybridized carbons (Fsp3) is 0.263. The highest BCUT2D eigenvalue weighted by Crippen LogP contribution is 2.41. The van der Waals surface area contributed by atoms with Crippen molar-refractivity contribution in [3.05, 3.63) is 53.6 Å². The Morgan fingerprint density at radius 1 is 1.08 bits per heavy atom. The summed E-state index contributed by atoms with van der Waals surface area (Å²) in [5.41, 5.74) is 5.01. The monoisotopic (exact) mass is 318 g/mol. The van der Waals surface area contributed by atoms with Gasteiger partial charge in [0, 0.05) is 16.7 Å². The van der Waals surface area contributed by atoms with Crippen LogP contribution in [0.25, 0.3) is 22.8 Å². The second kappa shape index (κ2) is 5.67. The van der Waals surface area contributed by atoms with Gasteiger partial charge in [-0.2, -0.15) is 15.2 Å². The number of aromatic nitrogens is 2. The van der Waals surface area contributed by atoms with E-state index in [4.69, 9.17) is 4.52 Å². The first-order valence-corrected chi connectivity index (χ1v) is 8.08. The van der Waals surface area contributed by atoms with E-state index in [9.17, 15) is 0 Å². The van der Waals surface area contributed by atoms with Gasteiger partial charge >= 0.3 is 0 Å². The summed E-state index contributed by atoms with van der Waals surface area (Å²) in [5.74, 6) is 1.53. The molecule has 5 nitrogen and oxygen atoms in total. The van der Waals surface area contributed by atoms with Gasteiger partial charge in [0.15, 0.2) is 0 Å². The minimum atomic E-state index is 0.138. The van der Waals surface area contributed by atoms with Crippen LogP contribution >= 0.6 is 0 Å². The molecule has 1 aliphatic heterocycles. The zero-order chi connectivity index (χ0) is 16.7. The van der Waals surface area contributed by atoms with Crippen molar-refractivity contribution in [1.29, 1.82) is 0 Å². The molecule has 1 aromatic heterocycles. The zero-order valence-corrected chi connectivity index (χ0v) is 13.9. The maximum absolute atomic E-state index is 5.46. The van der Waals surface area contributed by atoms with Crippen LogP contribution in [0.5, 0.6) is 0 Å². The van der Waals surface area contributed by atoms with Crippen molar-refractivity contribution in [1.82, 2.24) is 10.1 Å². The van der Waals surface area contributed by atoms with Gasteiger partial charge in [0.1, 0.15) is 6.04 Å². The summed E-state index contributed by atoms with van der Waals surface area (Å²) < 4.78 is 5.46. The van der Waals surface area contributed by atoms with Gasteiger partial charge in [0.2, 0.25) is 5.82 Å². The topological polar surface area (TPSA) is 63.6 Å². The minimum absolute atomic E-state index is 0.138. The van der Waals surface area contributed by atoms with Crippen molar-refractivity contribution >= 4 is 5.69 Å². The number of hydrogen-bond acceptors (Lipinski definition) is 5. The second-order valence-corrected chi connectivity index (χ2v) is 6.42. The molecular formula is C19H18N4O. The maximum Gasteiger partial charge on any atom is 0.258 e. The number of hydrogen-bond donors (Lipinski definition) is 0. The molecule has 0 spiro atoms. The molecule has 1 unspecified atom stereocenters. The summed E-state index contributed by atoms with van der Waals surface area (Å²) in [6.45, 7) is 6.34. The van der Waals surface area contributed by atoms with Gasteiger partial charge in [-0.25, -0.2) is 0 Å². The zero-order valence-electron chi connectivity index (χ0n) is 13.9. The quantitative estimate of drug-likeness (QED) is 0.640. The Morgan fingerprint density at radius 2 is 1.92 bits per heavy atom. The van der Waals surface area contributed by atoms with Crippen LogP contribution in [0.3, 0.4) is 0 Å². The first kappa shape index (κ1) is 14.8. The highest BCUT2D eigenvalue weighted by Gasteiger charge is 2.24. The molecule has 1 atom stereocenters. The molecule has 24 heavy (non-hydrogen) atoms. The molecule has 3 aromatic rings. The summed E-state index contributed by atoms with van der Waals surface area (Å²) in [6, 6.07) is 14.2. The second-order valence-electron chi connectivity index (χ2n) is 6.42. The Hall–Kier alpha value is -2.82. The normalized spacial score (nSPS) is 15.9. The van der Waals surface area contributed by atoms with Crippen LogP contribution in [0.4, 0.5) is 5.69 Å². The standard InChI is InChI=1S/C19H18N4O/c1-11(2)17-15-9-8-13(10-16(15)21-22-17)19-20-18(23-24-19)14-7-5-4-6-12(14)3/h4-11,17H,1-3H3. The number of benzene rings is 2. The van der Waals surface area contributed by atoms with Crippen LogP contribution in [-0.4, -0.2) is 10.1 Å². The van der Waals surface area contributed by atoms with Gasteiger partial charge in [-0.15, -0.1) is 0 Å². The van der Waals surface area contributed by atoms with E-state index >= 15 is 0 Å². The van der Waals surface area contributed by atoms with Crippen molar-refractivity contribution in [2.45, 2.75) is 26.8 Å². The molecule has 1 aliphatic rings. The predicted octanol–water partition coefficient (Wildman–Crippen LogP) is 5.51. The lowest BCUT2D eigenvalue weighted by atomic mass is 9.95. The Balaban J connectivity index is 1.69. The van der Waals surface area contributed by atoms with Crippen LogP contribution in [0, 0.1) is 12.8 Å². The van der Waals surface area contributed by atoms with Crippen molar-refractivity contribution in [3.8, 4) is 22.8 Å². The molecule has 0 radical (unpaired) electrons. The highest BCUT2D eigenvalue weighted by molar-refractivity contribution is 5.66. The van der Waals surface area contributed by atoms with Gasteiger partial charge in [0.25, 0.3) is 5.89 Å². The van der Waals surface area contributed by atoms with Gasteiger partial charge in [-0.3, -0.25) is 0 Å². The molecule has 2 aromatic carbocycles. The number of fused-ring (bicyclic) bond motifs is 1. The molecule has 120 valence electrons. The van der Waals surface area contributed by atoms with E-state index in [2.05, 4.69) is 40.3 Å². The SMILES string of the molecule is Cc1ccccc1-c1noc(-c2ccc3c(c2)N=NC3C(C)C)n1. The van der Waals surface area contributed by atoms with E-state index in [1.807, 2.05) is 43.3 Å². The fourth-order valence-electron chi connectivity index (χ4n) is 2.97. The van der Waals surface area contributed by atoms with Crippen LogP contribution in [0.1, 0.15) is 31.0 Å². The molecular weight excluding hydrogens is 300 g/mol. The van der Waals surface area contributed by atoms with Crippen molar-refractivity contribution in [2.24, 2.45) is 16.1 Å². The Bertz CT molecular complexity index is 927. The summed E-state index contributed by atoms with van der Waals surface area (Å²) in [4.78, 5) is 4.54. The van der Waals surface area contributed by atoms with E-state index in [0.29, 0.717) is 17.6 Å². The Labute approximate surface area is 140 Å². The van der Waals surface area contributed by atoms with E-state index in [1.54, 1.807) is 0 Å². The number of azo groups is 1. The maximum atomic E-state index is 5.46. The molecule has 0 N–H and O–H groups in total. The Morgan fingerprint density at radius 3 is 2.71 bits per heavy atom. The minimum Gasteiger partial charge on any atom is -0.334 e. The lowest BCUT2D eigenvalue weighted by Gasteiger charge is -2.11. The lowest BCUT2D eigenvalue weighted by Crippen LogP contribution is -2.00. The molecule has 5 heteroatoms. The third kappa shape index (κ3) is 2.42. The van der Waals surface area contributed by atoms with Crippen LogP contribution in [0.15, 0.2) is 57.2 Å². The van der Waals surface area contributed by atoms with E-state index in [1.165, 1.54) is 0 Å². The van der Waals surface area contributed by atoms with E-state index in [-0.39, 0.29) is 6.04 Å². The van der Waals surface area contributed by atoms with Crippen LogP contribution in [-0.2, 0) is 0 Å². The smallest absolute Gasteiger partial charge is 0.258 e. The molecule has 0 amide bonds. The molecule has 0 saturated carbocycles. The van der Waals surface area contributed by atoms with Gasteiger partial charge in [-0.1, -0.05) is 49.3 Å². The van der Waals surface area contributed by atoms with E-state index < -0.39 is 0 Å². The third-order valence-corrected chi connectivity index (χ3v) is 4.33. The Kier molecular flexibility index (Phi) is 3.49. The van der Waals surface area contributed by atoms with Crippen molar-refractivity contribution in [3.63, 3.8) is 0 Å². The first-order valence-electron chi connectivity index (χ1n) is 8.08. The van der Waals surface area contributed by atoms with Gasteiger partial charge < -0.3 is 4.52 Å². The predicted molar refractivity (Wildman–Crippen MR) is 92.0 cm³/mol. The average molecular weight is 318 g/mol. The van der Waals surface area contributed by atoms with Crippen molar-refractivity contribution in [2.75, 3.05) is 0 Å². The largest absolute Gasteiger partial charge is 0.334 e. The molecule has 2 heterocycles. The number of rotatable bonds is 3. The average Bonchev–Trinajstić information content (AvgIpc) is 3.21. The van der Waals surface area contributed by atoms with Crippen LogP contribution < -0.4 is 0 Å². The molecule has 4 rings (SSSR count). The fourth-order valence-corrected chi connectivity index (χ4v) is 2.97. The van der Waals surface area contributed by atoms with E-state index in [0.717, 1.165) is 27.9 Å². The third-order valence-electron chi connectivity index (χ3n) is 4.33. The van der Waals surface area contributed by atoms with Crippen molar-refractivity contribution < 1.29 is 4.52 Å². The lowest BCUT2D eigenvalue weighted by molar-refractivity contribution is 0.432. The van der Waals surface area contributed by atoms with Crippen LogP contribution in [0.2, 0.25) is 0 Å². The summed E-state index contributed by atoms with van der Waals surface area (Å²) >= 11 is 0. The van der Waals surface area contributed by atoms with Gasteiger partial charge in [0.05, 0.1) is 5.69 Å². The number of nitrogens with zero attached hydrogens (tertiary/aromatic N) is 4. The first-order chi connectivity index (χ1) is 11.6.